The molecule has 1 aromatic carbocycles. The molecule has 0 aromatic heterocycles. The molecule has 0 spiro atoms. The highest BCUT2D eigenvalue weighted by Gasteiger charge is 2.39. The molecule has 2 N–H and O–H groups in total. The third kappa shape index (κ3) is 7.06. The largest absolute Gasteiger partial charge is 0.466 e. The van der Waals surface area contributed by atoms with E-state index in [0.717, 1.165) is 0 Å². The predicted octanol–water partition coefficient (Wildman–Crippen LogP) is 2.46. The first-order valence-electron chi connectivity index (χ1n) is 11.0. The highest BCUT2D eigenvalue weighted by molar-refractivity contribution is 6.31. The monoisotopic (exact) mass is 494 g/mol. The van der Waals surface area contributed by atoms with Gasteiger partial charge in [-0.05, 0) is 32.4 Å². The fraction of sp³-hybridized carbons (Fsp3) is 0.458. The highest BCUT2D eigenvalue weighted by atomic mass is 35.5. The van der Waals surface area contributed by atoms with Crippen molar-refractivity contribution in [3.05, 3.63) is 57.4 Å². The first-order valence-corrected chi connectivity index (χ1v) is 11.4. The van der Waals surface area contributed by atoms with Crippen LogP contribution >= 0.6 is 11.6 Å². The lowest BCUT2D eigenvalue weighted by atomic mass is 9.80. The smallest absolute Gasteiger partial charge is 0.336 e. The lowest BCUT2D eigenvalue weighted by molar-refractivity contribution is -0.142. The number of allylic oxidation sites excluding steroid dienone is 1. The maximum atomic E-state index is 13.1. The molecular formula is C24H31ClN2O7. The summed E-state index contributed by atoms with van der Waals surface area (Å²) < 4.78 is 20.9. The number of hydrogen-bond acceptors (Lipinski definition) is 9. The van der Waals surface area contributed by atoms with Crippen LogP contribution in [0.15, 0.2) is 46.8 Å². The first-order chi connectivity index (χ1) is 16.3. The van der Waals surface area contributed by atoms with Gasteiger partial charge in [-0.1, -0.05) is 29.8 Å². The lowest BCUT2D eigenvalue weighted by Crippen LogP contribution is -2.35. The third-order valence-electron chi connectivity index (χ3n) is 5.01. The second-order valence-corrected chi connectivity index (χ2v) is 7.66. The van der Waals surface area contributed by atoms with Crippen LogP contribution in [-0.2, 0) is 33.3 Å². The van der Waals surface area contributed by atoms with E-state index in [2.05, 4.69) is 10.6 Å². The average molecular weight is 495 g/mol. The Morgan fingerprint density at radius 1 is 1.06 bits per heavy atom. The van der Waals surface area contributed by atoms with Crippen LogP contribution in [0.5, 0.6) is 0 Å². The Morgan fingerprint density at radius 3 is 2.41 bits per heavy atom. The Labute approximate surface area is 204 Å². The number of esters is 3. The van der Waals surface area contributed by atoms with Crippen molar-refractivity contribution >= 4 is 29.5 Å². The molecule has 10 heteroatoms. The molecule has 0 amide bonds. The molecule has 2 rings (SSSR count). The molecule has 1 unspecified atom stereocenters. The molecule has 34 heavy (non-hydrogen) atoms. The summed E-state index contributed by atoms with van der Waals surface area (Å²) in [5.41, 5.74) is 2.03. The second kappa shape index (κ2) is 13.7. The zero-order valence-corrected chi connectivity index (χ0v) is 20.6. The van der Waals surface area contributed by atoms with E-state index < -0.39 is 17.9 Å². The van der Waals surface area contributed by atoms with Gasteiger partial charge in [-0.25, -0.2) is 9.59 Å². The first kappa shape index (κ1) is 27.4. The summed E-state index contributed by atoms with van der Waals surface area (Å²) in [7, 11) is 1.28. The fourth-order valence-electron chi connectivity index (χ4n) is 3.58. The van der Waals surface area contributed by atoms with E-state index in [9.17, 15) is 14.4 Å². The zero-order chi connectivity index (χ0) is 25.1. The molecule has 9 nitrogen and oxygen atoms in total. The Morgan fingerprint density at radius 2 is 1.76 bits per heavy atom. The number of rotatable bonds is 12. The molecule has 1 aliphatic heterocycles. The Kier molecular flexibility index (Phi) is 11.1. The van der Waals surface area contributed by atoms with Gasteiger partial charge in [0.1, 0.15) is 0 Å². The normalized spacial score (nSPS) is 15.6. The summed E-state index contributed by atoms with van der Waals surface area (Å²) in [5, 5.41) is 6.44. The molecule has 1 heterocycles. The number of ether oxygens (including phenoxy) is 4. The summed E-state index contributed by atoms with van der Waals surface area (Å²) in [6.07, 6.45) is 0. The van der Waals surface area contributed by atoms with Gasteiger partial charge in [-0.3, -0.25) is 4.79 Å². The number of carbonyl (C=O) groups is 3. The summed E-state index contributed by atoms with van der Waals surface area (Å²) in [5.74, 6) is -2.32. The molecule has 0 aliphatic carbocycles. The lowest BCUT2D eigenvalue weighted by Gasteiger charge is -2.31. The molecule has 1 aliphatic rings. The van der Waals surface area contributed by atoms with Gasteiger partial charge in [0.05, 0.1) is 62.8 Å². The summed E-state index contributed by atoms with van der Waals surface area (Å²) >= 11 is 6.48. The molecule has 0 bridgehead atoms. The van der Waals surface area contributed by atoms with Gasteiger partial charge < -0.3 is 29.6 Å². The third-order valence-corrected chi connectivity index (χ3v) is 5.35. The molecule has 0 fully saturated rings. The maximum absolute atomic E-state index is 13.1. The summed E-state index contributed by atoms with van der Waals surface area (Å²) in [6, 6.07) is 6.99. The van der Waals surface area contributed by atoms with E-state index in [-0.39, 0.29) is 43.5 Å². The molecule has 1 atom stereocenters. The predicted molar refractivity (Wildman–Crippen MR) is 126 cm³/mol. The van der Waals surface area contributed by atoms with E-state index in [1.807, 2.05) is 0 Å². The van der Waals surface area contributed by atoms with Crippen LogP contribution < -0.4 is 10.6 Å². The van der Waals surface area contributed by atoms with Crippen molar-refractivity contribution < 1.29 is 33.3 Å². The maximum Gasteiger partial charge on any atom is 0.336 e. The molecule has 186 valence electrons. The molecule has 0 saturated heterocycles. The van der Waals surface area contributed by atoms with E-state index in [4.69, 9.17) is 30.5 Å². The van der Waals surface area contributed by atoms with Crippen LogP contribution in [-0.4, -0.2) is 64.5 Å². The highest BCUT2D eigenvalue weighted by Crippen LogP contribution is 2.41. The number of nitrogens with one attached hydrogen (secondary N) is 2. The zero-order valence-electron chi connectivity index (χ0n) is 19.9. The quantitative estimate of drug-likeness (QED) is 0.257. The van der Waals surface area contributed by atoms with Gasteiger partial charge in [0, 0.05) is 17.3 Å². The van der Waals surface area contributed by atoms with Crippen molar-refractivity contribution in [1.29, 1.82) is 0 Å². The number of halogens is 1. The van der Waals surface area contributed by atoms with E-state index >= 15 is 0 Å². The Hall–Kier alpha value is -2.88. The van der Waals surface area contributed by atoms with Gasteiger partial charge in [-0.15, -0.1) is 0 Å². The van der Waals surface area contributed by atoms with Crippen LogP contribution in [0.4, 0.5) is 0 Å². The van der Waals surface area contributed by atoms with Crippen LogP contribution in [0, 0.1) is 0 Å². The topological polar surface area (TPSA) is 112 Å². The van der Waals surface area contributed by atoms with Crippen LogP contribution in [0.1, 0.15) is 32.3 Å². The van der Waals surface area contributed by atoms with E-state index in [1.54, 1.807) is 45.0 Å². The van der Waals surface area contributed by atoms with Gasteiger partial charge in [-0.2, -0.15) is 0 Å². The van der Waals surface area contributed by atoms with Crippen LogP contribution in [0.3, 0.4) is 0 Å². The summed E-state index contributed by atoms with van der Waals surface area (Å²) in [6.45, 7) is 6.42. The van der Waals surface area contributed by atoms with Crippen molar-refractivity contribution in [1.82, 2.24) is 10.6 Å². The number of benzene rings is 1. The fourth-order valence-corrected chi connectivity index (χ4v) is 3.83. The van der Waals surface area contributed by atoms with Gasteiger partial charge in [0.2, 0.25) is 0 Å². The molecular weight excluding hydrogens is 464 g/mol. The molecule has 0 saturated carbocycles. The standard InChI is InChI=1S/C24H31ClN2O7/c1-5-33-19(28)13-26-11-12-32-14-18-22(24(30)34-6-2)21(16-9-7-8-10-17(16)25)20(15(3)27-18)23(29)31-4/h7-10,21,26-27H,5-6,11-14H2,1-4H3. The van der Waals surface area contributed by atoms with Crippen molar-refractivity contribution in [3.63, 3.8) is 0 Å². The van der Waals surface area contributed by atoms with Gasteiger partial charge >= 0.3 is 17.9 Å². The van der Waals surface area contributed by atoms with E-state index in [0.29, 0.717) is 35.1 Å². The SMILES string of the molecule is CCOC(=O)CNCCOCC1=C(C(=O)OCC)C(c2ccccc2Cl)C(C(=O)OC)=C(C)N1. The Balaban J connectivity index is 2.33. The van der Waals surface area contributed by atoms with Gasteiger partial charge in [0.15, 0.2) is 0 Å². The minimum absolute atomic E-state index is 0.0436. The second-order valence-electron chi connectivity index (χ2n) is 7.26. The van der Waals surface area contributed by atoms with Crippen molar-refractivity contribution in [2.75, 3.05) is 46.6 Å². The van der Waals surface area contributed by atoms with Crippen molar-refractivity contribution in [2.45, 2.75) is 26.7 Å². The van der Waals surface area contributed by atoms with E-state index in [1.165, 1.54) is 7.11 Å². The average Bonchev–Trinajstić information content (AvgIpc) is 2.81. The number of carbonyl (C=O) groups excluding carboxylic acids is 3. The minimum Gasteiger partial charge on any atom is -0.466 e. The van der Waals surface area contributed by atoms with Crippen molar-refractivity contribution in [3.8, 4) is 0 Å². The van der Waals surface area contributed by atoms with Crippen LogP contribution in [0.25, 0.3) is 0 Å². The van der Waals surface area contributed by atoms with Gasteiger partial charge in [0.25, 0.3) is 0 Å². The molecule has 0 radical (unpaired) electrons. The number of methoxy groups -OCH3 is 1. The van der Waals surface area contributed by atoms with Crippen LogP contribution in [0.2, 0.25) is 5.02 Å². The number of hydrogen-bond donors (Lipinski definition) is 2. The van der Waals surface area contributed by atoms with Crippen molar-refractivity contribution in [2.24, 2.45) is 0 Å². The summed E-state index contributed by atoms with van der Waals surface area (Å²) in [4.78, 5) is 37.2. The number of dihydropyridines is 1. The minimum atomic E-state index is -0.804. The Bertz CT molecular complexity index is 958. The molecule has 1 aromatic rings.